The Hall–Kier alpha value is -1.35. The molecule has 0 unspecified atom stereocenters. The van der Waals surface area contributed by atoms with Crippen molar-refractivity contribution in [3.63, 3.8) is 0 Å². The average molecular weight is 247 g/mol. The topological polar surface area (TPSA) is 40.5 Å². The van der Waals surface area contributed by atoms with Gasteiger partial charge in [0.2, 0.25) is 0 Å². The summed E-state index contributed by atoms with van der Waals surface area (Å²) >= 11 is 0. The maximum atomic E-state index is 11.6. The third kappa shape index (κ3) is 2.41. The van der Waals surface area contributed by atoms with E-state index in [-0.39, 0.29) is 0 Å². The van der Waals surface area contributed by atoms with Crippen LogP contribution in [0.25, 0.3) is 0 Å². The quantitative estimate of drug-likeness (QED) is 0.889. The minimum Gasteiger partial charge on any atom is -0.480 e. The first kappa shape index (κ1) is 13.1. The van der Waals surface area contributed by atoms with Gasteiger partial charge in [-0.2, -0.15) is 0 Å². The van der Waals surface area contributed by atoms with Crippen LogP contribution >= 0.6 is 0 Å². The molecule has 0 radical (unpaired) electrons. The first-order valence-electron chi connectivity index (χ1n) is 6.55. The lowest BCUT2D eigenvalue weighted by Crippen LogP contribution is -2.50. The molecular formula is C15H21NO2. The Balaban J connectivity index is 2.12. The summed E-state index contributed by atoms with van der Waals surface area (Å²) in [4.78, 5) is 13.6. The summed E-state index contributed by atoms with van der Waals surface area (Å²) in [7, 11) is 1.93. The van der Waals surface area contributed by atoms with E-state index >= 15 is 0 Å². The lowest BCUT2D eigenvalue weighted by Gasteiger charge is -2.34. The number of carboxylic acid groups (broad SMARTS) is 1. The van der Waals surface area contributed by atoms with Crippen LogP contribution in [0.15, 0.2) is 24.3 Å². The third-order valence-electron chi connectivity index (χ3n) is 4.10. The lowest BCUT2D eigenvalue weighted by atomic mass is 9.95. The average Bonchev–Trinajstić information content (AvgIpc) is 2.82. The van der Waals surface area contributed by atoms with E-state index in [1.165, 1.54) is 11.1 Å². The van der Waals surface area contributed by atoms with Crippen molar-refractivity contribution in [3.8, 4) is 0 Å². The second kappa shape index (κ2) is 5.11. The number of carboxylic acids is 1. The molecule has 3 nitrogen and oxygen atoms in total. The number of rotatable bonds is 4. The minimum atomic E-state index is -0.672. The largest absolute Gasteiger partial charge is 0.480 e. The van der Waals surface area contributed by atoms with Gasteiger partial charge in [0.05, 0.1) is 0 Å². The van der Waals surface area contributed by atoms with Crippen LogP contribution in [0.1, 0.15) is 36.8 Å². The molecule has 1 saturated carbocycles. The highest BCUT2D eigenvalue weighted by Crippen LogP contribution is 2.35. The molecule has 1 fully saturated rings. The van der Waals surface area contributed by atoms with Crippen LogP contribution in [0, 0.1) is 6.92 Å². The molecule has 1 N–H and O–H groups in total. The van der Waals surface area contributed by atoms with Crippen LogP contribution in [-0.4, -0.2) is 28.6 Å². The lowest BCUT2D eigenvalue weighted by molar-refractivity contribution is -0.150. The Kier molecular flexibility index (Phi) is 3.71. The summed E-state index contributed by atoms with van der Waals surface area (Å²) in [5, 5.41) is 9.51. The standard InChI is InChI=1S/C15H21NO2/c1-12-5-7-13(8-6-12)11-16(2)15(14(17)18)9-3-4-10-15/h5-8H,3-4,9-11H2,1-2H3,(H,17,18). The SMILES string of the molecule is Cc1ccc(CN(C)C2(C(=O)O)CCCC2)cc1. The maximum absolute atomic E-state index is 11.6. The van der Waals surface area contributed by atoms with E-state index in [0.717, 1.165) is 25.7 Å². The van der Waals surface area contributed by atoms with Gasteiger partial charge in [0, 0.05) is 6.54 Å². The number of aryl methyl sites for hydroxylation is 1. The summed E-state index contributed by atoms with van der Waals surface area (Å²) < 4.78 is 0. The highest BCUT2D eigenvalue weighted by molar-refractivity contribution is 5.79. The molecule has 0 spiro atoms. The van der Waals surface area contributed by atoms with Crippen molar-refractivity contribution < 1.29 is 9.90 Å². The van der Waals surface area contributed by atoms with E-state index in [4.69, 9.17) is 0 Å². The number of likely N-dealkylation sites (N-methyl/N-ethyl adjacent to an activating group) is 1. The molecule has 0 heterocycles. The molecule has 0 aromatic heterocycles. The van der Waals surface area contributed by atoms with Crippen molar-refractivity contribution in [2.75, 3.05) is 7.05 Å². The summed E-state index contributed by atoms with van der Waals surface area (Å²) in [5.74, 6) is -0.672. The van der Waals surface area contributed by atoms with Crippen LogP contribution in [0.3, 0.4) is 0 Å². The maximum Gasteiger partial charge on any atom is 0.324 e. The molecular weight excluding hydrogens is 226 g/mol. The van der Waals surface area contributed by atoms with Crippen molar-refractivity contribution in [2.24, 2.45) is 0 Å². The van der Waals surface area contributed by atoms with Gasteiger partial charge in [-0.15, -0.1) is 0 Å². The van der Waals surface area contributed by atoms with Gasteiger partial charge in [-0.05, 0) is 32.4 Å². The molecule has 18 heavy (non-hydrogen) atoms. The fourth-order valence-electron chi connectivity index (χ4n) is 2.84. The Labute approximate surface area is 108 Å². The number of carbonyl (C=O) groups is 1. The minimum absolute atomic E-state index is 0.648. The molecule has 0 aliphatic heterocycles. The fraction of sp³-hybridized carbons (Fsp3) is 0.533. The molecule has 3 heteroatoms. The molecule has 0 amide bonds. The monoisotopic (exact) mass is 247 g/mol. The molecule has 1 aromatic rings. The van der Waals surface area contributed by atoms with Gasteiger partial charge in [-0.25, -0.2) is 0 Å². The Morgan fingerprint density at radius 3 is 2.33 bits per heavy atom. The van der Waals surface area contributed by atoms with E-state index < -0.39 is 11.5 Å². The van der Waals surface area contributed by atoms with E-state index in [0.29, 0.717) is 6.54 Å². The van der Waals surface area contributed by atoms with Gasteiger partial charge in [0.1, 0.15) is 5.54 Å². The molecule has 1 aromatic carbocycles. The third-order valence-corrected chi connectivity index (χ3v) is 4.10. The van der Waals surface area contributed by atoms with E-state index in [2.05, 4.69) is 31.2 Å². The molecule has 1 aliphatic rings. The van der Waals surface area contributed by atoms with Crippen molar-refractivity contribution in [1.29, 1.82) is 0 Å². The first-order chi connectivity index (χ1) is 8.54. The Morgan fingerprint density at radius 1 is 1.28 bits per heavy atom. The van der Waals surface area contributed by atoms with Gasteiger partial charge in [-0.1, -0.05) is 42.7 Å². The first-order valence-corrected chi connectivity index (χ1v) is 6.55. The Bertz CT molecular complexity index is 419. The van der Waals surface area contributed by atoms with Crippen molar-refractivity contribution >= 4 is 5.97 Å². The smallest absolute Gasteiger partial charge is 0.324 e. The number of benzene rings is 1. The zero-order valence-corrected chi connectivity index (χ0v) is 11.1. The summed E-state index contributed by atoms with van der Waals surface area (Å²) in [6, 6.07) is 8.31. The Morgan fingerprint density at radius 2 is 1.83 bits per heavy atom. The fourth-order valence-corrected chi connectivity index (χ4v) is 2.84. The molecule has 2 rings (SSSR count). The van der Waals surface area contributed by atoms with Gasteiger partial charge in [0.15, 0.2) is 0 Å². The second-order valence-electron chi connectivity index (χ2n) is 5.39. The van der Waals surface area contributed by atoms with Gasteiger partial charge in [-0.3, -0.25) is 9.69 Å². The van der Waals surface area contributed by atoms with Gasteiger partial charge >= 0.3 is 5.97 Å². The molecule has 1 aliphatic carbocycles. The van der Waals surface area contributed by atoms with Crippen LogP contribution in [0.4, 0.5) is 0 Å². The predicted molar refractivity (Wildman–Crippen MR) is 71.5 cm³/mol. The van der Waals surface area contributed by atoms with Gasteiger partial charge in [0.25, 0.3) is 0 Å². The predicted octanol–water partition coefficient (Wildman–Crippen LogP) is 2.82. The van der Waals surface area contributed by atoms with Crippen LogP contribution in [0.5, 0.6) is 0 Å². The summed E-state index contributed by atoms with van der Waals surface area (Å²) in [5.41, 5.74) is 1.76. The number of hydrogen-bond acceptors (Lipinski definition) is 2. The van der Waals surface area contributed by atoms with Crippen molar-refractivity contribution in [2.45, 2.75) is 44.7 Å². The summed E-state index contributed by atoms with van der Waals surface area (Å²) in [6.45, 7) is 2.76. The summed E-state index contributed by atoms with van der Waals surface area (Å²) in [6.07, 6.45) is 3.57. The van der Waals surface area contributed by atoms with Crippen molar-refractivity contribution in [3.05, 3.63) is 35.4 Å². The number of nitrogens with zero attached hydrogens (tertiary/aromatic N) is 1. The van der Waals surface area contributed by atoms with Crippen LogP contribution in [0.2, 0.25) is 0 Å². The van der Waals surface area contributed by atoms with Gasteiger partial charge < -0.3 is 5.11 Å². The molecule has 0 bridgehead atoms. The number of hydrogen-bond donors (Lipinski definition) is 1. The highest BCUT2D eigenvalue weighted by atomic mass is 16.4. The normalized spacial score (nSPS) is 18.2. The van der Waals surface area contributed by atoms with Crippen molar-refractivity contribution in [1.82, 2.24) is 4.90 Å². The molecule has 98 valence electrons. The van der Waals surface area contributed by atoms with E-state index in [1.807, 2.05) is 11.9 Å². The van der Waals surface area contributed by atoms with E-state index in [1.54, 1.807) is 0 Å². The molecule has 0 atom stereocenters. The zero-order chi connectivity index (χ0) is 13.2. The van der Waals surface area contributed by atoms with E-state index in [9.17, 15) is 9.90 Å². The second-order valence-corrected chi connectivity index (χ2v) is 5.39. The highest BCUT2D eigenvalue weighted by Gasteiger charge is 2.44. The van der Waals surface area contributed by atoms with Crippen LogP contribution < -0.4 is 0 Å². The number of aliphatic carboxylic acids is 1. The zero-order valence-electron chi connectivity index (χ0n) is 11.1. The molecule has 0 saturated heterocycles. The van der Waals surface area contributed by atoms with Crippen LogP contribution in [-0.2, 0) is 11.3 Å².